The summed E-state index contributed by atoms with van der Waals surface area (Å²) < 4.78 is 0. The van der Waals surface area contributed by atoms with E-state index in [2.05, 4.69) is 69.4 Å². The average Bonchev–Trinajstić information content (AvgIpc) is 2.42. The van der Waals surface area contributed by atoms with Gasteiger partial charge in [-0.2, -0.15) is 0 Å². The van der Waals surface area contributed by atoms with Crippen molar-refractivity contribution in [3.05, 3.63) is 69.2 Å². The van der Waals surface area contributed by atoms with Gasteiger partial charge < -0.3 is 5.32 Å². The van der Waals surface area contributed by atoms with Crippen LogP contribution in [0.4, 0.5) is 0 Å². The zero-order chi connectivity index (χ0) is 14.7. The van der Waals surface area contributed by atoms with Gasteiger partial charge in [0.2, 0.25) is 0 Å². The van der Waals surface area contributed by atoms with Gasteiger partial charge in [0, 0.05) is 5.02 Å². The van der Waals surface area contributed by atoms with E-state index in [4.69, 9.17) is 11.6 Å². The lowest BCUT2D eigenvalue weighted by molar-refractivity contribution is 0.627. The van der Waals surface area contributed by atoms with E-state index >= 15 is 0 Å². The summed E-state index contributed by atoms with van der Waals surface area (Å²) in [6.07, 6.45) is 0. The number of hydrogen-bond donors (Lipinski definition) is 1. The largest absolute Gasteiger partial charge is 0.307 e. The third-order valence-electron chi connectivity index (χ3n) is 3.68. The number of aryl methyl sites for hydroxylation is 3. The Kier molecular flexibility index (Phi) is 4.85. The van der Waals surface area contributed by atoms with Gasteiger partial charge >= 0.3 is 0 Å². The van der Waals surface area contributed by atoms with Crippen LogP contribution in [0.1, 0.15) is 40.8 Å². The van der Waals surface area contributed by atoms with E-state index < -0.39 is 0 Å². The molecule has 0 aliphatic heterocycles. The van der Waals surface area contributed by atoms with Crippen molar-refractivity contribution in [3.8, 4) is 0 Å². The fourth-order valence-corrected chi connectivity index (χ4v) is 2.70. The second kappa shape index (κ2) is 6.43. The Morgan fingerprint density at radius 3 is 2.25 bits per heavy atom. The van der Waals surface area contributed by atoms with Gasteiger partial charge in [-0.05, 0) is 55.6 Å². The van der Waals surface area contributed by atoms with E-state index in [1.807, 2.05) is 0 Å². The molecule has 2 aromatic carbocycles. The lowest BCUT2D eigenvalue weighted by atomic mass is 9.93. The van der Waals surface area contributed by atoms with Crippen molar-refractivity contribution in [1.29, 1.82) is 0 Å². The van der Waals surface area contributed by atoms with Crippen LogP contribution in [0.3, 0.4) is 0 Å². The quantitative estimate of drug-likeness (QED) is 0.838. The van der Waals surface area contributed by atoms with E-state index in [0.717, 1.165) is 17.1 Å². The molecule has 0 fully saturated rings. The van der Waals surface area contributed by atoms with Gasteiger partial charge in [0.05, 0.1) is 6.04 Å². The van der Waals surface area contributed by atoms with Gasteiger partial charge in [0.15, 0.2) is 0 Å². The molecule has 0 saturated carbocycles. The molecule has 1 nitrogen and oxygen atoms in total. The molecule has 0 bridgehead atoms. The Bertz CT molecular complexity index is 587. The van der Waals surface area contributed by atoms with Crippen molar-refractivity contribution in [2.45, 2.75) is 33.7 Å². The Morgan fingerprint density at radius 1 is 1.00 bits per heavy atom. The van der Waals surface area contributed by atoms with Crippen LogP contribution in [0, 0.1) is 20.8 Å². The van der Waals surface area contributed by atoms with E-state index in [1.165, 1.54) is 22.3 Å². The molecule has 0 aliphatic carbocycles. The number of benzene rings is 2. The smallest absolute Gasteiger partial charge is 0.0579 e. The van der Waals surface area contributed by atoms with Crippen LogP contribution in [0.15, 0.2) is 36.4 Å². The number of hydrogen-bond acceptors (Lipinski definition) is 1. The summed E-state index contributed by atoms with van der Waals surface area (Å²) in [7, 11) is 0. The molecule has 0 aliphatic rings. The number of nitrogens with one attached hydrogen (secondary N) is 1. The molecular formula is C18H22ClN. The fourth-order valence-electron chi connectivity index (χ4n) is 2.48. The van der Waals surface area contributed by atoms with E-state index in [1.54, 1.807) is 0 Å². The van der Waals surface area contributed by atoms with Gasteiger partial charge in [-0.15, -0.1) is 0 Å². The van der Waals surface area contributed by atoms with Gasteiger partial charge in [-0.3, -0.25) is 0 Å². The molecule has 1 N–H and O–H groups in total. The van der Waals surface area contributed by atoms with Gasteiger partial charge in [-0.25, -0.2) is 0 Å². The Hall–Kier alpha value is -1.31. The average molecular weight is 288 g/mol. The Morgan fingerprint density at radius 2 is 1.65 bits per heavy atom. The summed E-state index contributed by atoms with van der Waals surface area (Å²) in [5.74, 6) is 0. The Labute approximate surface area is 127 Å². The molecule has 0 heterocycles. The Balaban J connectivity index is 2.48. The first kappa shape index (κ1) is 15.1. The summed E-state index contributed by atoms with van der Waals surface area (Å²) in [6.45, 7) is 9.37. The predicted octanol–water partition coefficient (Wildman–Crippen LogP) is 4.96. The molecule has 106 valence electrons. The topological polar surface area (TPSA) is 12.0 Å². The molecule has 2 heteroatoms. The van der Waals surface area contributed by atoms with Crippen LogP contribution in [-0.4, -0.2) is 6.54 Å². The summed E-state index contributed by atoms with van der Waals surface area (Å²) in [6, 6.07) is 13.2. The van der Waals surface area contributed by atoms with E-state index in [0.29, 0.717) is 0 Å². The van der Waals surface area contributed by atoms with Crippen molar-refractivity contribution >= 4 is 11.6 Å². The maximum atomic E-state index is 6.21. The van der Waals surface area contributed by atoms with Crippen molar-refractivity contribution in [2.24, 2.45) is 0 Å². The predicted molar refractivity (Wildman–Crippen MR) is 87.6 cm³/mol. The fraction of sp³-hybridized carbons (Fsp3) is 0.333. The molecule has 1 unspecified atom stereocenters. The monoisotopic (exact) mass is 287 g/mol. The highest BCUT2D eigenvalue weighted by atomic mass is 35.5. The van der Waals surface area contributed by atoms with Gasteiger partial charge in [-0.1, -0.05) is 54.4 Å². The lowest BCUT2D eigenvalue weighted by Crippen LogP contribution is -2.23. The lowest BCUT2D eigenvalue weighted by Gasteiger charge is -2.22. The second-order valence-corrected chi connectivity index (χ2v) is 5.77. The zero-order valence-electron chi connectivity index (χ0n) is 12.6. The highest BCUT2D eigenvalue weighted by Gasteiger charge is 2.16. The molecule has 2 aromatic rings. The molecule has 0 aromatic heterocycles. The van der Waals surface area contributed by atoms with Crippen molar-refractivity contribution < 1.29 is 0 Å². The summed E-state index contributed by atoms with van der Waals surface area (Å²) in [4.78, 5) is 0. The highest BCUT2D eigenvalue weighted by Crippen LogP contribution is 2.29. The van der Waals surface area contributed by atoms with Crippen molar-refractivity contribution in [2.75, 3.05) is 6.54 Å². The highest BCUT2D eigenvalue weighted by molar-refractivity contribution is 6.31. The summed E-state index contributed by atoms with van der Waals surface area (Å²) in [5.41, 5.74) is 6.24. The van der Waals surface area contributed by atoms with Crippen LogP contribution in [-0.2, 0) is 0 Å². The minimum atomic E-state index is 0.219. The van der Waals surface area contributed by atoms with Crippen LogP contribution in [0.25, 0.3) is 0 Å². The van der Waals surface area contributed by atoms with Crippen LogP contribution >= 0.6 is 11.6 Å². The summed E-state index contributed by atoms with van der Waals surface area (Å²) in [5, 5.41) is 4.42. The molecule has 0 spiro atoms. The molecule has 1 atom stereocenters. The maximum absolute atomic E-state index is 6.21. The molecule has 20 heavy (non-hydrogen) atoms. The maximum Gasteiger partial charge on any atom is 0.0579 e. The number of rotatable bonds is 4. The first-order chi connectivity index (χ1) is 9.52. The van der Waals surface area contributed by atoms with Gasteiger partial charge in [0.25, 0.3) is 0 Å². The van der Waals surface area contributed by atoms with Crippen LogP contribution in [0.5, 0.6) is 0 Å². The zero-order valence-corrected chi connectivity index (χ0v) is 13.4. The molecule has 0 saturated heterocycles. The van der Waals surface area contributed by atoms with Crippen LogP contribution < -0.4 is 5.32 Å². The van der Waals surface area contributed by atoms with Crippen molar-refractivity contribution in [1.82, 2.24) is 5.32 Å². The SMILES string of the molecule is CCNC(c1ccc(C)cc1)c1cc(C)c(Cl)cc1C. The molecular weight excluding hydrogens is 266 g/mol. The molecule has 0 radical (unpaired) electrons. The molecule has 0 amide bonds. The minimum absolute atomic E-state index is 0.219. The minimum Gasteiger partial charge on any atom is -0.307 e. The standard InChI is InChI=1S/C18H22ClN/c1-5-20-18(15-8-6-12(2)7-9-15)16-10-14(4)17(19)11-13(16)3/h6-11,18,20H,5H2,1-4H3. The molecule has 2 rings (SSSR count). The second-order valence-electron chi connectivity index (χ2n) is 5.36. The third kappa shape index (κ3) is 3.23. The first-order valence-corrected chi connectivity index (χ1v) is 7.47. The van der Waals surface area contributed by atoms with Crippen molar-refractivity contribution in [3.63, 3.8) is 0 Å². The van der Waals surface area contributed by atoms with Gasteiger partial charge in [0.1, 0.15) is 0 Å². The van der Waals surface area contributed by atoms with Crippen LogP contribution in [0.2, 0.25) is 5.02 Å². The third-order valence-corrected chi connectivity index (χ3v) is 4.08. The first-order valence-electron chi connectivity index (χ1n) is 7.09. The summed E-state index contributed by atoms with van der Waals surface area (Å²) >= 11 is 6.21. The normalized spacial score (nSPS) is 12.4. The number of halogens is 1. The van der Waals surface area contributed by atoms with E-state index in [9.17, 15) is 0 Å². The van der Waals surface area contributed by atoms with E-state index in [-0.39, 0.29) is 6.04 Å².